The van der Waals surface area contributed by atoms with Gasteiger partial charge >= 0.3 is 6.09 Å². The normalized spacial score (nSPS) is 21.3. The molecule has 1 saturated carbocycles. The van der Waals surface area contributed by atoms with Crippen LogP contribution in [0, 0.1) is 5.92 Å². The van der Waals surface area contributed by atoms with Gasteiger partial charge in [-0.25, -0.2) is 4.79 Å². The number of nitrogens with one attached hydrogen (secondary N) is 3. The number of tetrazole rings is 1. The van der Waals surface area contributed by atoms with Gasteiger partial charge < -0.3 is 20.3 Å². The van der Waals surface area contributed by atoms with Gasteiger partial charge in [-0.2, -0.15) is 4.68 Å². The Hall–Kier alpha value is -5.30. The lowest BCUT2D eigenvalue weighted by atomic mass is 9.94. The average molecular weight is 668 g/mol. The lowest BCUT2D eigenvalue weighted by Gasteiger charge is -2.35. The van der Waals surface area contributed by atoms with Gasteiger partial charge in [-0.3, -0.25) is 19.9 Å². The molecule has 246 valence electrons. The largest absolute Gasteiger partial charge is 0.453 e. The van der Waals surface area contributed by atoms with Crippen molar-refractivity contribution in [1.82, 2.24) is 35.4 Å². The third-order valence-corrected chi connectivity index (χ3v) is 9.54. The summed E-state index contributed by atoms with van der Waals surface area (Å²) in [5.41, 5.74) is 4.49. The molecule has 2 aromatic carbocycles. The lowest BCUT2D eigenvalue weighted by molar-refractivity contribution is -0.135. The molecule has 1 saturated heterocycles. The first-order chi connectivity index (χ1) is 23.3. The highest BCUT2D eigenvalue weighted by molar-refractivity contribution is 6.30. The van der Waals surface area contributed by atoms with E-state index in [1.165, 1.54) is 24.2 Å². The molecular formula is C34H34ClN9O4. The summed E-state index contributed by atoms with van der Waals surface area (Å²) in [6.07, 6.45) is 11.6. The molecule has 48 heavy (non-hydrogen) atoms. The van der Waals surface area contributed by atoms with E-state index in [4.69, 9.17) is 16.3 Å². The third-order valence-electron chi connectivity index (χ3n) is 9.31. The summed E-state index contributed by atoms with van der Waals surface area (Å²) < 4.78 is 6.30. The number of carbonyl (C=O) groups excluding carboxylic acids is 3. The molecule has 4 heterocycles. The SMILES string of the molecule is COC(=O)Nc1ccc2c(c1)N[C@@H](C(=O)N1CCC1)CCC[C@@H]1CC1(NC(=O)/C=C/c1cc(Cl)ccc1-n1cnnn1)c1cncc-2c1. The zero-order valence-electron chi connectivity index (χ0n) is 26.2. The van der Waals surface area contributed by atoms with Gasteiger partial charge in [0, 0.05) is 64.6 Å². The minimum atomic E-state index is -0.617. The second-order valence-electron chi connectivity index (χ2n) is 12.3. The van der Waals surface area contributed by atoms with E-state index in [9.17, 15) is 14.4 Å². The van der Waals surface area contributed by atoms with Gasteiger partial charge in [-0.05, 0) is 90.1 Å². The molecule has 3 atom stereocenters. The van der Waals surface area contributed by atoms with Crippen LogP contribution >= 0.6 is 11.6 Å². The standard InChI is InChI=1S/C34H34ClN9O4/c1-48-33(47)38-26-8-9-27-22-14-24(19-36-18-22)34(17-23(34)4-2-5-28(39-29(27)16-26)32(46)43-12-3-13-43)40-31(45)11-6-21-15-25(35)7-10-30(21)44-20-37-41-42-44/h6-11,14-16,18-20,23,28,39H,2-5,12-13,17H2,1H3,(H,38,47)(H,40,45)/b11-6+/t23-,28-,34?/m1/s1. The van der Waals surface area contributed by atoms with Crippen molar-refractivity contribution < 1.29 is 19.1 Å². The number of nitrogens with zero attached hydrogens (tertiary/aromatic N) is 6. The van der Waals surface area contributed by atoms with E-state index in [1.807, 2.05) is 29.3 Å². The maximum absolute atomic E-state index is 13.6. The van der Waals surface area contributed by atoms with Crippen molar-refractivity contribution >= 4 is 47.0 Å². The number of fused-ring (bicyclic) bond motifs is 6. The number of rotatable bonds is 6. The fourth-order valence-corrected chi connectivity index (χ4v) is 6.77. The van der Waals surface area contributed by atoms with Crippen molar-refractivity contribution in [3.05, 3.63) is 83.4 Å². The van der Waals surface area contributed by atoms with Crippen molar-refractivity contribution in [2.75, 3.05) is 30.8 Å². The van der Waals surface area contributed by atoms with Gasteiger partial charge in [0.15, 0.2) is 0 Å². The minimum absolute atomic E-state index is 0.0602. The topological polar surface area (TPSA) is 156 Å². The van der Waals surface area contributed by atoms with Crippen LogP contribution in [0.5, 0.6) is 0 Å². The van der Waals surface area contributed by atoms with Gasteiger partial charge in [0.25, 0.3) is 0 Å². The van der Waals surface area contributed by atoms with E-state index in [0.29, 0.717) is 34.1 Å². The molecular weight excluding hydrogens is 634 g/mol. The van der Waals surface area contributed by atoms with Crippen molar-refractivity contribution in [3.8, 4) is 16.8 Å². The van der Waals surface area contributed by atoms with E-state index in [1.54, 1.807) is 36.5 Å². The summed E-state index contributed by atoms with van der Waals surface area (Å²) in [4.78, 5) is 45.6. The summed E-state index contributed by atoms with van der Waals surface area (Å²) in [5, 5.41) is 21.4. The first kappa shape index (κ1) is 31.3. The third kappa shape index (κ3) is 6.33. The highest BCUT2D eigenvalue weighted by atomic mass is 35.5. The second kappa shape index (κ2) is 13.1. The molecule has 3 amide bonds. The van der Waals surface area contributed by atoms with Crippen molar-refractivity contribution in [3.63, 3.8) is 0 Å². The predicted octanol–water partition coefficient (Wildman–Crippen LogP) is 4.80. The molecule has 14 heteroatoms. The molecule has 0 radical (unpaired) electrons. The van der Waals surface area contributed by atoms with Gasteiger partial charge in [0.1, 0.15) is 12.4 Å². The molecule has 4 aromatic rings. The number of pyridine rings is 1. The number of amides is 3. The number of methoxy groups -OCH3 is 1. The molecule has 3 N–H and O–H groups in total. The number of ether oxygens (including phenoxy) is 1. The molecule has 2 bridgehead atoms. The zero-order chi connectivity index (χ0) is 33.3. The number of aromatic nitrogens is 5. The molecule has 1 aliphatic carbocycles. The summed E-state index contributed by atoms with van der Waals surface area (Å²) in [6.45, 7) is 1.49. The molecule has 13 nitrogen and oxygen atoms in total. The van der Waals surface area contributed by atoms with Crippen molar-refractivity contribution in [1.29, 1.82) is 0 Å². The van der Waals surface area contributed by atoms with Crippen LogP contribution < -0.4 is 16.0 Å². The highest BCUT2D eigenvalue weighted by Crippen LogP contribution is 2.55. The van der Waals surface area contributed by atoms with E-state index >= 15 is 0 Å². The fourth-order valence-electron chi connectivity index (χ4n) is 6.59. The predicted molar refractivity (Wildman–Crippen MR) is 179 cm³/mol. The summed E-state index contributed by atoms with van der Waals surface area (Å²) in [5.74, 6) is -0.0331. The van der Waals surface area contributed by atoms with Crippen molar-refractivity contribution in [2.24, 2.45) is 5.92 Å². The fraction of sp³-hybridized carbons (Fsp3) is 0.324. The Balaban J connectivity index is 1.21. The number of hydrogen-bond acceptors (Lipinski definition) is 9. The minimum Gasteiger partial charge on any atom is -0.453 e. The monoisotopic (exact) mass is 667 g/mol. The van der Waals surface area contributed by atoms with Crippen LogP contribution in [-0.4, -0.2) is 74.2 Å². The number of hydrogen-bond donors (Lipinski definition) is 3. The van der Waals surface area contributed by atoms with Gasteiger partial charge in [0.2, 0.25) is 11.8 Å². The summed E-state index contributed by atoms with van der Waals surface area (Å²) >= 11 is 6.28. The maximum atomic E-state index is 13.6. The molecule has 1 unspecified atom stereocenters. The lowest BCUT2D eigenvalue weighted by Crippen LogP contribution is -2.49. The van der Waals surface area contributed by atoms with E-state index in [0.717, 1.165) is 55.5 Å². The summed E-state index contributed by atoms with van der Waals surface area (Å²) in [7, 11) is 1.31. The van der Waals surface area contributed by atoms with E-state index in [2.05, 4.69) is 36.5 Å². The van der Waals surface area contributed by atoms with Crippen LogP contribution in [-0.2, 0) is 19.9 Å². The molecule has 2 aliphatic heterocycles. The molecule has 7 rings (SSSR count). The number of halogens is 1. The molecule has 2 aromatic heterocycles. The maximum Gasteiger partial charge on any atom is 0.411 e. The Labute approximate surface area is 281 Å². The molecule has 3 aliphatic rings. The van der Waals surface area contributed by atoms with Crippen LogP contribution in [0.4, 0.5) is 16.2 Å². The van der Waals surface area contributed by atoms with E-state index < -0.39 is 17.7 Å². The van der Waals surface area contributed by atoms with Crippen LogP contribution in [0.15, 0.2) is 67.3 Å². The number of benzene rings is 2. The Morgan fingerprint density at radius 1 is 1.08 bits per heavy atom. The van der Waals surface area contributed by atoms with Crippen LogP contribution in [0.3, 0.4) is 0 Å². The quantitative estimate of drug-likeness (QED) is 0.246. The zero-order valence-corrected chi connectivity index (χ0v) is 27.0. The van der Waals surface area contributed by atoms with Crippen molar-refractivity contribution in [2.45, 2.75) is 43.7 Å². The molecule has 2 fully saturated rings. The summed E-state index contributed by atoms with van der Waals surface area (Å²) in [6, 6.07) is 12.3. The van der Waals surface area contributed by atoms with Crippen LogP contribution in [0.1, 0.15) is 43.2 Å². The smallest absolute Gasteiger partial charge is 0.411 e. The number of likely N-dealkylation sites (tertiary alicyclic amines) is 1. The van der Waals surface area contributed by atoms with Gasteiger partial charge in [-0.15, -0.1) is 5.10 Å². The Bertz CT molecular complexity index is 1900. The Kier molecular flexibility index (Phi) is 8.52. The van der Waals surface area contributed by atoms with E-state index in [-0.39, 0.29) is 17.7 Å². The molecule has 0 spiro atoms. The van der Waals surface area contributed by atoms with Crippen LogP contribution in [0.25, 0.3) is 22.9 Å². The first-order valence-corrected chi connectivity index (χ1v) is 16.2. The average Bonchev–Trinajstić information content (AvgIpc) is 3.46. The van der Waals surface area contributed by atoms with Gasteiger partial charge in [0.05, 0.1) is 18.3 Å². The van der Waals surface area contributed by atoms with Crippen LogP contribution in [0.2, 0.25) is 5.02 Å². The second-order valence-corrected chi connectivity index (χ2v) is 12.7. The first-order valence-electron chi connectivity index (χ1n) is 15.9. The van der Waals surface area contributed by atoms with Gasteiger partial charge in [-0.1, -0.05) is 24.1 Å². The Morgan fingerprint density at radius 3 is 2.73 bits per heavy atom. The number of carbonyl (C=O) groups is 3. The Morgan fingerprint density at radius 2 is 1.96 bits per heavy atom. The number of anilines is 2. The highest BCUT2D eigenvalue weighted by Gasteiger charge is 2.56.